The van der Waals surface area contributed by atoms with Crippen LogP contribution >= 0.6 is 11.8 Å². The normalized spacial score (nSPS) is 22.2. The quantitative estimate of drug-likeness (QED) is 0.900. The van der Waals surface area contributed by atoms with Crippen LogP contribution in [0.4, 0.5) is 11.8 Å². The number of fused-ring (bicyclic) bond motifs is 1. The Hall–Kier alpha value is -1.49. The van der Waals surface area contributed by atoms with E-state index < -0.39 is 0 Å². The molecule has 3 rings (SSSR count). The molecule has 1 aromatic heterocycles. The summed E-state index contributed by atoms with van der Waals surface area (Å²) in [5.74, 6) is 1.63. The first-order chi connectivity index (χ1) is 10.3. The van der Waals surface area contributed by atoms with Crippen molar-refractivity contribution in [2.24, 2.45) is 0 Å². The second kappa shape index (κ2) is 6.52. The molecule has 5 heteroatoms. The van der Waals surface area contributed by atoms with E-state index in [1.54, 1.807) is 0 Å². The van der Waals surface area contributed by atoms with E-state index in [0.717, 1.165) is 22.0 Å². The van der Waals surface area contributed by atoms with Crippen LogP contribution in [0.15, 0.2) is 24.3 Å². The largest absolute Gasteiger partial charge is 0.367 e. The molecule has 1 aliphatic rings. The molecular formula is C16H22N4S. The van der Waals surface area contributed by atoms with Crippen molar-refractivity contribution in [3.05, 3.63) is 24.3 Å². The molecule has 112 valence electrons. The number of thioether (sulfide) groups is 1. The predicted molar refractivity (Wildman–Crippen MR) is 92.3 cm³/mol. The van der Waals surface area contributed by atoms with Crippen LogP contribution in [0, 0.1) is 0 Å². The van der Waals surface area contributed by atoms with Crippen molar-refractivity contribution in [1.29, 1.82) is 0 Å². The highest BCUT2D eigenvalue weighted by molar-refractivity contribution is 7.99. The molecule has 0 spiro atoms. The van der Waals surface area contributed by atoms with Gasteiger partial charge in [-0.1, -0.05) is 12.1 Å². The van der Waals surface area contributed by atoms with Gasteiger partial charge in [-0.15, -0.1) is 0 Å². The van der Waals surface area contributed by atoms with Gasteiger partial charge in [0.05, 0.1) is 5.52 Å². The Morgan fingerprint density at radius 3 is 2.57 bits per heavy atom. The van der Waals surface area contributed by atoms with Crippen LogP contribution in [0.1, 0.15) is 25.7 Å². The zero-order valence-electron chi connectivity index (χ0n) is 12.6. The smallest absolute Gasteiger partial charge is 0.224 e. The Bertz CT molecular complexity index is 608. The number of benzene rings is 1. The lowest BCUT2D eigenvalue weighted by Crippen LogP contribution is -2.27. The van der Waals surface area contributed by atoms with Crippen molar-refractivity contribution in [2.75, 3.05) is 23.9 Å². The number of rotatable bonds is 4. The summed E-state index contributed by atoms with van der Waals surface area (Å²) in [5.41, 5.74) is 0.983. The number of anilines is 2. The van der Waals surface area contributed by atoms with Crippen molar-refractivity contribution >= 4 is 34.4 Å². The zero-order chi connectivity index (χ0) is 14.7. The molecule has 1 aromatic carbocycles. The summed E-state index contributed by atoms with van der Waals surface area (Å²) in [4.78, 5) is 9.12. The molecule has 4 nitrogen and oxygen atoms in total. The van der Waals surface area contributed by atoms with Crippen molar-refractivity contribution in [3.63, 3.8) is 0 Å². The summed E-state index contributed by atoms with van der Waals surface area (Å²) < 4.78 is 0. The first-order valence-electron chi connectivity index (χ1n) is 7.54. The number of nitrogens with zero attached hydrogens (tertiary/aromatic N) is 2. The monoisotopic (exact) mass is 302 g/mol. The lowest BCUT2D eigenvalue weighted by atomic mass is 9.95. The van der Waals surface area contributed by atoms with Crippen LogP contribution in [0.2, 0.25) is 0 Å². The van der Waals surface area contributed by atoms with Gasteiger partial charge in [-0.05, 0) is 44.1 Å². The third-order valence-corrected chi connectivity index (χ3v) is 5.31. The maximum absolute atomic E-state index is 4.61. The average molecular weight is 302 g/mol. The van der Waals surface area contributed by atoms with Crippen LogP contribution in [0.25, 0.3) is 10.9 Å². The molecule has 21 heavy (non-hydrogen) atoms. The second-order valence-corrected chi connectivity index (χ2v) is 6.65. The van der Waals surface area contributed by atoms with E-state index >= 15 is 0 Å². The van der Waals surface area contributed by atoms with E-state index in [1.807, 2.05) is 37.0 Å². The first-order valence-corrected chi connectivity index (χ1v) is 8.83. The molecule has 2 N–H and O–H groups in total. The minimum absolute atomic E-state index is 0.524. The molecule has 0 unspecified atom stereocenters. The van der Waals surface area contributed by atoms with Crippen LogP contribution in [0.5, 0.6) is 0 Å². The summed E-state index contributed by atoms with van der Waals surface area (Å²) >= 11 is 2.00. The minimum Gasteiger partial charge on any atom is -0.367 e. The molecular weight excluding hydrogens is 280 g/mol. The Kier molecular flexibility index (Phi) is 4.48. The highest BCUT2D eigenvalue weighted by atomic mass is 32.2. The van der Waals surface area contributed by atoms with E-state index in [-0.39, 0.29) is 0 Å². The number of hydrogen-bond acceptors (Lipinski definition) is 5. The van der Waals surface area contributed by atoms with Crippen LogP contribution in [-0.4, -0.2) is 34.6 Å². The molecule has 1 aliphatic carbocycles. The Morgan fingerprint density at radius 1 is 1.10 bits per heavy atom. The maximum Gasteiger partial charge on any atom is 0.224 e. The van der Waals surface area contributed by atoms with Gasteiger partial charge in [-0.3, -0.25) is 0 Å². The van der Waals surface area contributed by atoms with E-state index in [0.29, 0.717) is 12.0 Å². The van der Waals surface area contributed by atoms with Gasteiger partial charge in [0.2, 0.25) is 5.95 Å². The van der Waals surface area contributed by atoms with Crippen molar-refractivity contribution < 1.29 is 0 Å². The molecule has 1 saturated carbocycles. The van der Waals surface area contributed by atoms with Crippen LogP contribution in [-0.2, 0) is 0 Å². The number of aromatic nitrogens is 2. The lowest BCUT2D eigenvalue weighted by molar-refractivity contribution is 0.472. The first kappa shape index (κ1) is 14.4. The minimum atomic E-state index is 0.524. The van der Waals surface area contributed by atoms with Gasteiger partial charge in [0, 0.05) is 23.7 Å². The Labute approximate surface area is 130 Å². The summed E-state index contributed by atoms with van der Waals surface area (Å²) in [6.07, 6.45) is 7.24. The van der Waals surface area contributed by atoms with Crippen LogP contribution in [0.3, 0.4) is 0 Å². The fourth-order valence-corrected chi connectivity index (χ4v) is 3.68. The predicted octanol–water partition coefficient (Wildman–Crippen LogP) is 3.76. The van der Waals surface area contributed by atoms with Gasteiger partial charge < -0.3 is 10.6 Å². The molecule has 1 fully saturated rings. The third-order valence-electron chi connectivity index (χ3n) is 4.18. The molecule has 0 atom stereocenters. The van der Waals surface area contributed by atoms with E-state index in [4.69, 9.17) is 0 Å². The van der Waals surface area contributed by atoms with Crippen molar-refractivity contribution in [2.45, 2.75) is 37.0 Å². The molecule has 0 aliphatic heterocycles. The highest BCUT2D eigenvalue weighted by Crippen LogP contribution is 2.30. The summed E-state index contributed by atoms with van der Waals surface area (Å²) in [6.45, 7) is 0. The second-order valence-electron chi connectivity index (χ2n) is 5.52. The average Bonchev–Trinajstić information content (AvgIpc) is 2.55. The molecule has 0 amide bonds. The van der Waals surface area contributed by atoms with Gasteiger partial charge in [0.1, 0.15) is 5.82 Å². The third kappa shape index (κ3) is 3.23. The van der Waals surface area contributed by atoms with Gasteiger partial charge in [-0.2, -0.15) is 16.7 Å². The van der Waals surface area contributed by atoms with Crippen molar-refractivity contribution in [1.82, 2.24) is 9.97 Å². The lowest BCUT2D eigenvalue weighted by Gasteiger charge is -2.28. The number of hydrogen-bond donors (Lipinski definition) is 2. The zero-order valence-corrected chi connectivity index (χ0v) is 13.4. The number of nitrogens with one attached hydrogen (secondary N) is 2. The Balaban J connectivity index is 1.83. The van der Waals surface area contributed by atoms with E-state index in [9.17, 15) is 0 Å². The summed E-state index contributed by atoms with van der Waals surface area (Å²) in [5, 5.41) is 8.62. The molecule has 2 aromatic rings. The van der Waals surface area contributed by atoms with Gasteiger partial charge in [-0.25, -0.2) is 4.98 Å². The molecule has 0 saturated heterocycles. The fourth-order valence-electron chi connectivity index (χ4n) is 2.93. The van der Waals surface area contributed by atoms with Crippen LogP contribution < -0.4 is 10.6 Å². The van der Waals surface area contributed by atoms with E-state index in [1.165, 1.54) is 25.7 Å². The van der Waals surface area contributed by atoms with Gasteiger partial charge in [0.25, 0.3) is 0 Å². The highest BCUT2D eigenvalue weighted by Gasteiger charge is 2.21. The standard InChI is InChI=1S/C16H22N4S/c1-17-16-19-14-6-4-3-5-13(14)15(20-16)18-11-7-9-12(21-2)10-8-11/h3-6,11-12H,7-10H2,1-2H3,(H2,17,18,19,20). The molecule has 1 heterocycles. The molecule has 0 radical (unpaired) electrons. The topological polar surface area (TPSA) is 49.8 Å². The summed E-state index contributed by atoms with van der Waals surface area (Å²) in [7, 11) is 1.86. The maximum atomic E-state index is 4.61. The fraction of sp³-hybridized carbons (Fsp3) is 0.500. The number of para-hydroxylation sites is 1. The molecule has 0 bridgehead atoms. The van der Waals surface area contributed by atoms with Gasteiger partial charge in [0.15, 0.2) is 0 Å². The summed E-state index contributed by atoms with van der Waals surface area (Å²) in [6, 6.07) is 8.71. The van der Waals surface area contributed by atoms with E-state index in [2.05, 4.69) is 32.9 Å². The van der Waals surface area contributed by atoms with Crippen molar-refractivity contribution in [3.8, 4) is 0 Å². The van der Waals surface area contributed by atoms with Gasteiger partial charge >= 0.3 is 0 Å². The Morgan fingerprint density at radius 2 is 1.86 bits per heavy atom. The SMILES string of the molecule is CNc1nc(NC2CCC(SC)CC2)c2ccccc2n1.